The molecule has 0 N–H and O–H groups in total. The zero-order valence-electron chi connectivity index (χ0n) is 13.2. The van der Waals surface area contributed by atoms with Crippen molar-refractivity contribution in [1.82, 2.24) is 9.88 Å². The third-order valence-corrected chi connectivity index (χ3v) is 5.14. The van der Waals surface area contributed by atoms with E-state index in [0.29, 0.717) is 19.5 Å². The van der Waals surface area contributed by atoms with Gasteiger partial charge in [-0.2, -0.15) is 0 Å². The summed E-state index contributed by atoms with van der Waals surface area (Å²) >= 11 is 0. The van der Waals surface area contributed by atoms with E-state index < -0.39 is 15.4 Å². The molecule has 2 rings (SSSR count). The molecule has 0 aromatic carbocycles. The van der Waals surface area contributed by atoms with Gasteiger partial charge >= 0.3 is 6.09 Å². The van der Waals surface area contributed by atoms with Crippen LogP contribution < -0.4 is 0 Å². The van der Waals surface area contributed by atoms with Gasteiger partial charge in [0.1, 0.15) is 5.60 Å². The molecule has 0 spiro atoms. The van der Waals surface area contributed by atoms with Crippen LogP contribution in [0.25, 0.3) is 0 Å². The Kier molecular flexibility index (Phi) is 4.75. The van der Waals surface area contributed by atoms with Crippen LogP contribution in [0.15, 0.2) is 29.4 Å². The first kappa shape index (κ1) is 16.7. The quantitative estimate of drug-likeness (QED) is 0.850. The number of hydrogen-bond acceptors (Lipinski definition) is 5. The van der Waals surface area contributed by atoms with E-state index in [2.05, 4.69) is 4.98 Å². The van der Waals surface area contributed by atoms with E-state index in [4.69, 9.17) is 4.74 Å². The van der Waals surface area contributed by atoms with Crippen molar-refractivity contribution in [3.63, 3.8) is 0 Å². The molecule has 1 amide bonds. The summed E-state index contributed by atoms with van der Waals surface area (Å²) in [6, 6.07) is 4.83. The van der Waals surface area contributed by atoms with Gasteiger partial charge in [-0.1, -0.05) is 6.07 Å². The molecule has 0 saturated carbocycles. The lowest BCUT2D eigenvalue weighted by atomic mass is 10.2. The number of rotatable bonds is 3. The van der Waals surface area contributed by atoms with Crippen molar-refractivity contribution in [3.05, 3.63) is 24.4 Å². The molecule has 6 nitrogen and oxygen atoms in total. The molecule has 1 unspecified atom stereocenters. The summed E-state index contributed by atoms with van der Waals surface area (Å²) in [5, 5.41) is 0.0886. The van der Waals surface area contributed by atoms with Gasteiger partial charge in [-0.25, -0.2) is 18.2 Å². The maximum atomic E-state index is 12.3. The lowest BCUT2D eigenvalue weighted by Gasteiger charge is -2.24. The van der Waals surface area contributed by atoms with Gasteiger partial charge in [0.15, 0.2) is 14.9 Å². The standard InChI is InChI=1S/C15H22N2O4S/c1-15(2,3)21-14(18)17-9-7-12(10-17)11-22(19,20)13-6-4-5-8-16-13/h4-6,8,12H,7,9-11H2,1-3H3. The van der Waals surface area contributed by atoms with E-state index in [1.54, 1.807) is 17.0 Å². The molecule has 2 heterocycles. The summed E-state index contributed by atoms with van der Waals surface area (Å²) in [4.78, 5) is 17.5. The molecule has 1 atom stereocenters. The lowest BCUT2D eigenvalue weighted by molar-refractivity contribution is 0.0289. The third-order valence-electron chi connectivity index (χ3n) is 3.35. The van der Waals surface area contributed by atoms with Crippen LogP contribution in [0.5, 0.6) is 0 Å². The highest BCUT2D eigenvalue weighted by Crippen LogP contribution is 2.22. The predicted octanol–water partition coefficient (Wildman–Crippen LogP) is 2.11. The van der Waals surface area contributed by atoms with Crippen molar-refractivity contribution in [1.29, 1.82) is 0 Å². The summed E-state index contributed by atoms with van der Waals surface area (Å²) in [5.74, 6) is -0.0805. The van der Waals surface area contributed by atoms with Gasteiger partial charge in [-0.3, -0.25) is 0 Å². The Balaban J connectivity index is 1.95. The number of amides is 1. The molecule has 122 valence electrons. The largest absolute Gasteiger partial charge is 0.444 e. The van der Waals surface area contributed by atoms with E-state index in [1.807, 2.05) is 20.8 Å². The first-order valence-corrected chi connectivity index (χ1v) is 8.94. The molecule has 22 heavy (non-hydrogen) atoms. The molecule has 1 fully saturated rings. The fourth-order valence-electron chi connectivity index (χ4n) is 2.39. The third kappa shape index (κ3) is 4.43. The fraction of sp³-hybridized carbons (Fsp3) is 0.600. The Morgan fingerprint density at radius 2 is 2.14 bits per heavy atom. The molecular weight excluding hydrogens is 304 g/mol. The maximum absolute atomic E-state index is 12.3. The van der Waals surface area contributed by atoms with Crippen LogP contribution in [0.1, 0.15) is 27.2 Å². The van der Waals surface area contributed by atoms with Gasteiger partial charge in [-0.05, 0) is 45.2 Å². The van der Waals surface area contributed by atoms with Crippen LogP contribution in [0.4, 0.5) is 4.79 Å². The summed E-state index contributed by atoms with van der Waals surface area (Å²) in [6.45, 7) is 6.36. The van der Waals surface area contributed by atoms with Crippen LogP contribution in [0.3, 0.4) is 0 Å². The number of pyridine rings is 1. The zero-order valence-corrected chi connectivity index (χ0v) is 14.0. The number of sulfone groups is 1. The first-order valence-electron chi connectivity index (χ1n) is 7.29. The van der Waals surface area contributed by atoms with Crippen LogP contribution in [-0.2, 0) is 14.6 Å². The molecule has 0 aliphatic carbocycles. The number of aromatic nitrogens is 1. The van der Waals surface area contributed by atoms with E-state index in [9.17, 15) is 13.2 Å². The number of hydrogen-bond donors (Lipinski definition) is 0. The molecule has 7 heteroatoms. The smallest absolute Gasteiger partial charge is 0.410 e. The molecule has 1 saturated heterocycles. The molecule has 1 aromatic heterocycles. The molecule has 1 aliphatic rings. The van der Waals surface area contributed by atoms with Gasteiger partial charge in [0.25, 0.3) is 0 Å². The maximum Gasteiger partial charge on any atom is 0.410 e. The highest BCUT2D eigenvalue weighted by Gasteiger charge is 2.33. The SMILES string of the molecule is CC(C)(C)OC(=O)N1CCC(CS(=O)(=O)c2ccccn2)C1. The second-order valence-corrected chi connectivity index (χ2v) is 8.51. The summed E-state index contributed by atoms with van der Waals surface area (Å²) in [6.07, 6.45) is 1.74. The zero-order chi connectivity index (χ0) is 16.4. The first-order chi connectivity index (χ1) is 10.2. The number of carbonyl (C=O) groups is 1. The minimum absolute atomic E-state index is 0.00328. The summed E-state index contributed by atoms with van der Waals surface area (Å²) in [7, 11) is -3.42. The summed E-state index contributed by atoms with van der Waals surface area (Å²) in [5.41, 5.74) is -0.546. The van der Waals surface area contributed by atoms with Crippen molar-refractivity contribution < 1.29 is 17.9 Å². The van der Waals surface area contributed by atoms with Crippen molar-refractivity contribution in [2.45, 2.75) is 37.8 Å². The highest BCUT2D eigenvalue weighted by molar-refractivity contribution is 7.91. The van der Waals surface area contributed by atoms with Crippen molar-refractivity contribution in [2.24, 2.45) is 5.92 Å². The van der Waals surface area contributed by atoms with Crippen LogP contribution in [0, 0.1) is 5.92 Å². The molecule has 1 aromatic rings. The minimum Gasteiger partial charge on any atom is -0.444 e. The Bertz CT molecular complexity index is 623. The highest BCUT2D eigenvalue weighted by atomic mass is 32.2. The molecule has 0 bridgehead atoms. The number of nitrogens with zero attached hydrogens (tertiary/aromatic N) is 2. The number of likely N-dealkylation sites (tertiary alicyclic amines) is 1. The normalized spacial score (nSPS) is 19.2. The summed E-state index contributed by atoms with van der Waals surface area (Å²) < 4.78 is 29.9. The predicted molar refractivity (Wildman–Crippen MR) is 82.2 cm³/mol. The van der Waals surface area contributed by atoms with E-state index in [1.165, 1.54) is 12.3 Å². The second-order valence-electron chi connectivity index (χ2n) is 6.53. The van der Waals surface area contributed by atoms with Crippen LogP contribution in [0.2, 0.25) is 0 Å². The molecule has 1 aliphatic heterocycles. The minimum atomic E-state index is -3.42. The Morgan fingerprint density at radius 3 is 2.73 bits per heavy atom. The fourth-order valence-corrected chi connectivity index (χ4v) is 3.96. The topological polar surface area (TPSA) is 76.6 Å². The monoisotopic (exact) mass is 326 g/mol. The lowest BCUT2D eigenvalue weighted by Crippen LogP contribution is -2.35. The number of ether oxygens (including phenoxy) is 1. The van der Waals surface area contributed by atoms with Crippen LogP contribution >= 0.6 is 0 Å². The Labute approximate surface area is 131 Å². The molecule has 0 radical (unpaired) electrons. The van der Waals surface area contributed by atoms with Gasteiger partial charge in [0.05, 0.1) is 5.75 Å². The Morgan fingerprint density at radius 1 is 1.41 bits per heavy atom. The van der Waals surface area contributed by atoms with E-state index >= 15 is 0 Å². The van der Waals surface area contributed by atoms with Crippen molar-refractivity contribution in [2.75, 3.05) is 18.8 Å². The van der Waals surface area contributed by atoms with Gasteiger partial charge < -0.3 is 9.64 Å². The average Bonchev–Trinajstić information content (AvgIpc) is 2.86. The van der Waals surface area contributed by atoms with Crippen molar-refractivity contribution >= 4 is 15.9 Å². The van der Waals surface area contributed by atoms with E-state index in [0.717, 1.165) is 0 Å². The number of carbonyl (C=O) groups excluding carboxylic acids is 1. The molecular formula is C15H22N2O4S. The Hall–Kier alpha value is -1.63. The second kappa shape index (κ2) is 6.24. The van der Waals surface area contributed by atoms with Crippen molar-refractivity contribution in [3.8, 4) is 0 Å². The average molecular weight is 326 g/mol. The van der Waals surface area contributed by atoms with Gasteiger partial charge in [-0.15, -0.1) is 0 Å². The van der Waals surface area contributed by atoms with E-state index in [-0.39, 0.29) is 22.8 Å². The van der Waals surface area contributed by atoms with Gasteiger partial charge in [0, 0.05) is 19.3 Å². The van der Waals surface area contributed by atoms with Gasteiger partial charge in [0.2, 0.25) is 0 Å². The van der Waals surface area contributed by atoms with Crippen LogP contribution in [-0.4, -0.2) is 48.8 Å².